The lowest BCUT2D eigenvalue weighted by Crippen LogP contribution is -2.04. The van der Waals surface area contributed by atoms with Gasteiger partial charge in [0, 0.05) is 15.6 Å². The Bertz CT molecular complexity index is 584. The van der Waals surface area contributed by atoms with Crippen molar-refractivity contribution in [1.82, 2.24) is 0 Å². The van der Waals surface area contributed by atoms with E-state index in [9.17, 15) is 0 Å². The van der Waals surface area contributed by atoms with Crippen LogP contribution in [0.2, 0.25) is 10.0 Å². The smallest absolute Gasteiger partial charge is 0.132 e. The minimum atomic E-state index is 0.522. The fourth-order valence-corrected chi connectivity index (χ4v) is 2.25. The molecule has 0 radical (unpaired) electrons. The second-order valence-corrected chi connectivity index (χ2v) is 5.11. The summed E-state index contributed by atoms with van der Waals surface area (Å²) in [5.74, 6) is 1.45. The summed E-state index contributed by atoms with van der Waals surface area (Å²) in [6.07, 6.45) is 0.675. The zero-order valence-corrected chi connectivity index (χ0v) is 12.1. The maximum Gasteiger partial charge on any atom is 0.132 e. The van der Waals surface area contributed by atoms with Gasteiger partial charge in [0.15, 0.2) is 0 Å². The lowest BCUT2D eigenvalue weighted by atomic mass is 10.1. The molecule has 19 heavy (non-hydrogen) atoms. The minimum Gasteiger partial charge on any atom is -0.457 e. The molecule has 2 aromatic rings. The first kappa shape index (κ1) is 14.2. The highest BCUT2D eigenvalue weighted by Crippen LogP contribution is 2.33. The predicted octanol–water partition coefficient (Wildman–Crippen LogP) is 4.60. The summed E-state index contributed by atoms with van der Waals surface area (Å²) in [4.78, 5) is 0. The van der Waals surface area contributed by atoms with E-state index in [4.69, 9.17) is 33.7 Å². The van der Waals surface area contributed by atoms with Crippen LogP contribution < -0.4 is 10.5 Å². The van der Waals surface area contributed by atoms with Crippen molar-refractivity contribution in [1.29, 1.82) is 0 Å². The highest BCUT2D eigenvalue weighted by molar-refractivity contribution is 6.31. The maximum absolute atomic E-state index is 6.18. The van der Waals surface area contributed by atoms with Gasteiger partial charge >= 0.3 is 0 Å². The van der Waals surface area contributed by atoms with E-state index in [0.717, 1.165) is 22.6 Å². The number of ether oxygens (including phenoxy) is 1. The third kappa shape index (κ3) is 3.41. The van der Waals surface area contributed by atoms with Crippen LogP contribution in [0.1, 0.15) is 11.1 Å². The van der Waals surface area contributed by atoms with Crippen molar-refractivity contribution in [3.05, 3.63) is 57.6 Å². The van der Waals surface area contributed by atoms with Crippen LogP contribution in [-0.4, -0.2) is 6.54 Å². The molecule has 2 aromatic carbocycles. The molecule has 0 bridgehead atoms. The Morgan fingerprint density at radius 2 is 1.89 bits per heavy atom. The average Bonchev–Trinajstić information content (AvgIpc) is 2.38. The van der Waals surface area contributed by atoms with Crippen LogP contribution in [0.3, 0.4) is 0 Å². The SMILES string of the molecule is Cc1ccc(Cl)cc1Oc1cccc(Cl)c1CCN. The number of aryl methyl sites for hydroxylation is 1. The molecule has 100 valence electrons. The van der Waals surface area contributed by atoms with Crippen molar-refractivity contribution in [2.24, 2.45) is 5.73 Å². The van der Waals surface area contributed by atoms with Crippen LogP contribution in [0.15, 0.2) is 36.4 Å². The van der Waals surface area contributed by atoms with Gasteiger partial charge in [-0.15, -0.1) is 0 Å². The molecule has 0 aliphatic carbocycles. The number of hydrogen-bond donors (Lipinski definition) is 1. The van der Waals surface area contributed by atoms with E-state index in [1.165, 1.54) is 0 Å². The van der Waals surface area contributed by atoms with E-state index in [-0.39, 0.29) is 0 Å². The molecular formula is C15H15Cl2NO. The van der Waals surface area contributed by atoms with Gasteiger partial charge in [0.25, 0.3) is 0 Å². The van der Waals surface area contributed by atoms with Crippen molar-refractivity contribution in [2.45, 2.75) is 13.3 Å². The average molecular weight is 296 g/mol. The second-order valence-electron chi connectivity index (χ2n) is 4.27. The van der Waals surface area contributed by atoms with Crippen molar-refractivity contribution >= 4 is 23.2 Å². The van der Waals surface area contributed by atoms with Crippen LogP contribution in [0, 0.1) is 6.92 Å². The quantitative estimate of drug-likeness (QED) is 0.895. The van der Waals surface area contributed by atoms with E-state index in [2.05, 4.69) is 0 Å². The van der Waals surface area contributed by atoms with Crippen molar-refractivity contribution in [3.8, 4) is 11.5 Å². The molecule has 0 aliphatic rings. The second kappa shape index (κ2) is 6.29. The molecule has 0 unspecified atom stereocenters. The highest BCUT2D eigenvalue weighted by Gasteiger charge is 2.10. The van der Waals surface area contributed by atoms with Crippen molar-refractivity contribution in [2.75, 3.05) is 6.54 Å². The molecule has 0 heterocycles. The fraction of sp³-hybridized carbons (Fsp3) is 0.200. The van der Waals surface area contributed by atoms with Crippen LogP contribution in [0.25, 0.3) is 0 Å². The lowest BCUT2D eigenvalue weighted by molar-refractivity contribution is 0.472. The molecule has 0 amide bonds. The summed E-state index contributed by atoms with van der Waals surface area (Å²) >= 11 is 12.2. The van der Waals surface area contributed by atoms with Gasteiger partial charge in [0.2, 0.25) is 0 Å². The topological polar surface area (TPSA) is 35.2 Å². The summed E-state index contributed by atoms with van der Waals surface area (Å²) < 4.78 is 5.93. The zero-order chi connectivity index (χ0) is 13.8. The fourth-order valence-electron chi connectivity index (χ4n) is 1.82. The monoisotopic (exact) mass is 295 g/mol. The molecular weight excluding hydrogens is 281 g/mol. The first-order valence-corrected chi connectivity index (χ1v) is 6.79. The Morgan fingerprint density at radius 1 is 1.11 bits per heavy atom. The standard InChI is InChI=1S/C15H15Cl2NO/c1-10-5-6-11(16)9-15(10)19-14-4-2-3-13(17)12(14)7-8-18/h2-6,9H,7-8,18H2,1H3. The van der Waals surface area contributed by atoms with Crippen molar-refractivity contribution < 1.29 is 4.74 Å². The van der Waals surface area contributed by atoms with Crippen LogP contribution in [0.5, 0.6) is 11.5 Å². The summed E-state index contributed by atoms with van der Waals surface area (Å²) in [7, 11) is 0. The molecule has 0 aliphatic heterocycles. The van der Waals surface area contributed by atoms with E-state index < -0.39 is 0 Å². The number of halogens is 2. The highest BCUT2D eigenvalue weighted by atomic mass is 35.5. The Kier molecular flexibility index (Phi) is 4.70. The van der Waals surface area contributed by atoms with Crippen LogP contribution in [0.4, 0.5) is 0 Å². The number of benzene rings is 2. The normalized spacial score (nSPS) is 10.5. The number of rotatable bonds is 4. The van der Waals surface area contributed by atoms with E-state index >= 15 is 0 Å². The molecule has 4 heteroatoms. The van der Waals surface area contributed by atoms with Crippen LogP contribution in [-0.2, 0) is 6.42 Å². The van der Waals surface area contributed by atoms with Gasteiger partial charge in [0.1, 0.15) is 11.5 Å². The van der Waals surface area contributed by atoms with Gasteiger partial charge < -0.3 is 10.5 Å². The zero-order valence-electron chi connectivity index (χ0n) is 10.6. The third-order valence-corrected chi connectivity index (χ3v) is 3.43. The maximum atomic E-state index is 6.18. The van der Waals surface area contributed by atoms with Gasteiger partial charge in [0.05, 0.1) is 0 Å². The molecule has 0 aromatic heterocycles. The van der Waals surface area contributed by atoms with E-state index in [1.807, 2.05) is 37.3 Å². The van der Waals surface area contributed by atoms with Crippen molar-refractivity contribution in [3.63, 3.8) is 0 Å². The summed E-state index contributed by atoms with van der Waals surface area (Å²) in [5.41, 5.74) is 7.55. The molecule has 2 N–H and O–H groups in total. The predicted molar refractivity (Wildman–Crippen MR) is 80.5 cm³/mol. The summed E-state index contributed by atoms with van der Waals surface area (Å²) in [5, 5.41) is 1.31. The van der Waals surface area contributed by atoms with E-state index in [1.54, 1.807) is 6.07 Å². The Morgan fingerprint density at radius 3 is 2.63 bits per heavy atom. The Hall–Kier alpha value is -1.22. The Balaban J connectivity index is 2.37. The van der Waals surface area contributed by atoms with Gasteiger partial charge in [-0.2, -0.15) is 0 Å². The third-order valence-electron chi connectivity index (χ3n) is 2.84. The minimum absolute atomic E-state index is 0.522. The van der Waals surface area contributed by atoms with Gasteiger partial charge in [-0.25, -0.2) is 0 Å². The Labute approximate surface area is 123 Å². The van der Waals surface area contributed by atoms with Gasteiger partial charge in [-0.05, 0) is 49.7 Å². The number of hydrogen-bond acceptors (Lipinski definition) is 2. The summed E-state index contributed by atoms with van der Waals surface area (Å²) in [6, 6.07) is 11.1. The molecule has 0 spiro atoms. The largest absolute Gasteiger partial charge is 0.457 e. The first-order chi connectivity index (χ1) is 9.11. The summed E-state index contributed by atoms with van der Waals surface area (Å²) in [6.45, 7) is 2.49. The lowest BCUT2D eigenvalue weighted by Gasteiger charge is -2.14. The molecule has 0 fully saturated rings. The molecule has 0 saturated heterocycles. The van der Waals surface area contributed by atoms with Crippen LogP contribution >= 0.6 is 23.2 Å². The molecule has 2 nitrogen and oxygen atoms in total. The molecule has 2 rings (SSSR count). The van der Waals surface area contributed by atoms with Gasteiger partial charge in [-0.1, -0.05) is 35.3 Å². The van der Waals surface area contributed by atoms with Gasteiger partial charge in [-0.3, -0.25) is 0 Å². The number of nitrogens with two attached hydrogens (primary N) is 1. The molecule has 0 atom stereocenters. The first-order valence-electron chi connectivity index (χ1n) is 6.03. The molecule has 0 saturated carbocycles. The van der Waals surface area contributed by atoms with E-state index in [0.29, 0.717) is 23.0 Å².